The minimum Gasteiger partial charge on any atom is -0.309 e. The zero-order chi connectivity index (χ0) is 41.3. The number of hydrogen-bond acceptors (Lipinski definition) is 1. The molecule has 0 aliphatic carbocycles. The molecule has 4 nitrogen and oxygen atoms in total. The molecule has 0 unspecified atom stereocenters. The first-order chi connectivity index (χ1) is 29.1. The molecule has 0 radical (unpaired) electrons. The van der Waals surface area contributed by atoms with Gasteiger partial charge in [-0.1, -0.05) is 139 Å². The number of alkyl halides is 3. The fourth-order valence-electron chi connectivity index (χ4n) is 8.70. The zero-order valence-corrected chi connectivity index (χ0v) is 32.5. The largest absolute Gasteiger partial charge is 0.415 e. The van der Waals surface area contributed by atoms with Crippen molar-refractivity contribution in [2.24, 2.45) is 0 Å². The third-order valence-electron chi connectivity index (χ3n) is 11.6. The van der Waals surface area contributed by atoms with Crippen molar-refractivity contribution in [1.29, 1.82) is 5.26 Å². The third kappa shape index (κ3) is 5.82. The van der Waals surface area contributed by atoms with Crippen molar-refractivity contribution in [3.05, 3.63) is 197 Å². The molecule has 10 aromatic rings. The predicted molar refractivity (Wildman–Crippen MR) is 237 cm³/mol. The minimum absolute atomic E-state index is 0.147. The smallest absolute Gasteiger partial charge is 0.309 e. The van der Waals surface area contributed by atoms with Crippen LogP contribution in [0.1, 0.15) is 22.3 Å². The van der Waals surface area contributed by atoms with Gasteiger partial charge in [0.15, 0.2) is 5.69 Å². The molecule has 286 valence electrons. The molecule has 0 N–H and O–H groups in total. The van der Waals surface area contributed by atoms with Gasteiger partial charge in [-0.2, -0.15) is 18.4 Å². The van der Waals surface area contributed by atoms with Crippen molar-refractivity contribution in [2.75, 3.05) is 0 Å². The minimum atomic E-state index is -4.80. The maximum absolute atomic E-state index is 15.3. The Kier molecular flexibility index (Phi) is 8.45. The molecule has 10 rings (SSSR count). The molecule has 0 amide bonds. The first-order valence-corrected chi connectivity index (χ1v) is 19.5. The molecule has 7 heteroatoms. The quantitative estimate of drug-likeness (QED) is 0.160. The Hall–Kier alpha value is -7.87. The maximum Gasteiger partial charge on any atom is 0.415 e. The Morgan fingerprint density at radius 3 is 1.50 bits per heavy atom. The molecule has 0 saturated heterocycles. The fraction of sp³-hybridized carbons (Fsp3) is 0.0566. The lowest BCUT2D eigenvalue weighted by atomic mass is 9.93. The summed E-state index contributed by atoms with van der Waals surface area (Å²) in [6.07, 6.45) is -4.80. The second kappa shape index (κ2) is 13.9. The van der Waals surface area contributed by atoms with E-state index in [1.165, 1.54) is 12.1 Å². The summed E-state index contributed by atoms with van der Waals surface area (Å²) in [4.78, 5) is 3.68. The molecular weight excluding hydrogens is 750 g/mol. The average molecular weight is 783 g/mol. The van der Waals surface area contributed by atoms with Crippen molar-refractivity contribution in [1.82, 2.24) is 9.13 Å². The Bertz CT molecular complexity index is 3450. The van der Waals surface area contributed by atoms with Crippen LogP contribution in [0.4, 0.5) is 18.9 Å². The van der Waals surface area contributed by atoms with Crippen LogP contribution < -0.4 is 0 Å². The van der Waals surface area contributed by atoms with Gasteiger partial charge in [0.25, 0.3) is 0 Å². The number of fused-ring (bicyclic) bond motifs is 6. The highest BCUT2D eigenvalue weighted by Gasteiger charge is 2.36. The summed E-state index contributed by atoms with van der Waals surface area (Å²) in [6.45, 7) is 12.2. The van der Waals surface area contributed by atoms with Crippen LogP contribution in [0.2, 0.25) is 0 Å². The molecule has 8 aromatic carbocycles. The highest BCUT2D eigenvalue weighted by atomic mass is 19.4. The highest BCUT2D eigenvalue weighted by molar-refractivity contribution is 6.12. The molecule has 2 aromatic heterocycles. The fourth-order valence-corrected chi connectivity index (χ4v) is 8.70. The van der Waals surface area contributed by atoms with E-state index < -0.39 is 11.7 Å². The summed E-state index contributed by atoms with van der Waals surface area (Å²) in [5.74, 6) is 0. The molecule has 60 heavy (non-hydrogen) atoms. The molecule has 2 heterocycles. The lowest BCUT2D eigenvalue weighted by Gasteiger charge is -2.22. The summed E-state index contributed by atoms with van der Waals surface area (Å²) < 4.78 is 49.8. The Morgan fingerprint density at radius 2 is 1.00 bits per heavy atom. The summed E-state index contributed by atoms with van der Waals surface area (Å²) >= 11 is 0. The molecule has 0 aliphatic rings. The van der Waals surface area contributed by atoms with E-state index in [9.17, 15) is 5.26 Å². The van der Waals surface area contributed by atoms with E-state index in [0.29, 0.717) is 11.4 Å². The first-order valence-electron chi connectivity index (χ1n) is 19.5. The van der Waals surface area contributed by atoms with Crippen LogP contribution in [-0.4, -0.2) is 9.13 Å². The number of hydrogen-bond donors (Lipinski definition) is 0. The molecule has 0 fully saturated rings. The van der Waals surface area contributed by atoms with Gasteiger partial charge < -0.3 is 9.13 Å². The Morgan fingerprint density at radius 1 is 0.517 bits per heavy atom. The number of nitrogens with zero attached hydrogens (tertiary/aromatic N) is 4. The van der Waals surface area contributed by atoms with Crippen molar-refractivity contribution in [3.63, 3.8) is 0 Å². The van der Waals surface area contributed by atoms with Gasteiger partial charge in [0.1, 0.15) is 6.07 Å². The van der Waals surface area contributed by atoms with Crippen molar-refractivity contribution in [3.8, 4) is 50.8 Å². The molecule has 0 bridgehead atoms. The molecular formula is C53H33F3N4. The zero-order valence-electron chi connectivity index (χ0n) is 32.5. The van der Waals surface area contributed by atoms with Gasteiger partial charge in [-0.25, -0.2) is 4.85 Å². The standard InChI is InChI=1S/C53H33F3N4/c1-32-15-19-34(20-16-32)36-23-25-41-39-9-4-6-13-46(39)59(49(41)27-36)48-30-43(52-44(53(54,55)56)11-8-12-45(52)58-3)51(29-38(48)31-57)60-47-14-7-5-10-40(47)42-26-24-37(28-50(42)60)35-21-17-33(2)18-22-35/h4-30H,1-2H3. The van der Waals surface area contributed by atoms with Gasteiger partial charge in [-0.15, -0.1) is 0 Å². The number of benzene rings is 8. The maximum atomic E-state index is 15.3. The van der Waals surface area contributed by atoms with Crippen molar-refractivity contribution >= 4 is 49.3 Å². The normalized spacial score (nSPS) is 11.7. The van der Waals surface area contributed by atoms with Crippen LogP contribution >= 0.6 is 0 Å². The van der Waals surface area contributed by atoms with Gasteiger partial charge in [0.2, 0.25) is 0 Å². The van der Waals surface area contributed by atoms with Crippen LogP contribution in [0.3, 0.4) is 0 Å². The number of rotatable bonds is 5. The van der Waals surface area contributed by atoms with Crippen LogP contribution in [-0.2, 0) is 6.18 Å². The van der Waals surface area contributed by atoms with E-state index in [-0.39, 0.29) is 22.4 Å². The topological polar surface area (TPSA) is 38.0 Å². The van der Waals surface area contributed by atoms with E-state index in [4.69, 9.17) is 6.57 Å². The number of aryl methyl sites for hydroxylation is 2. The van der Waals surface area contributed by atoms with Crippen LogP contribution in [0.25, 0.3) is 93.2 Å². The highest BCUT2D eigenvalue weighted by Crippen LogP contribution is 2.48. The first kappa shape index (κ1) is 36.5. The van der Waals surface area contributed by atoms with Crippen LogP contribution in [0, 0.1) is 31.8 Å². The summed E-state index contributed by atoms with van der Waals surface area (Å²) in [7, 11) is 0. The monoisotopic (exact) mass is 782 g/mol. The summed E-state index contributed by atoms with van der Waals surface area (Å²) in [5.41, 5.74) is 9.07. The van der Waals surface area contributed by atoms with Gasteiger partial charge >= 0.3 is 6.18 Å². The van der Waals surface area contributed by atoms with Crippen molar-refractivity contribution < 1.29 is 13.2 Å². The van der Waals surface area contributed by atoms with Gasteiger partial charge in [-0.05, 0) is 78.1 Å². The van der Waals surface area contributed by atoms with Crippen LogP contribution in [0.5, 0.6) is 0 Å². The number of halogens is 3. The Labute approximate surface area is 344 Å². The number of para-hydroxylation sites is 2. The van der Waals surface area contributed by atoms with E-state index in [1.54, 1.807) is 12.1 Å². The average Bonchev–Trinajstić information content (AvgIpc) is 3.78. The number of nitriles is 1. The van der Waals surface area contributed by atoms with E-state index >= 15 is 13.2 Å². The second-order valence-electron chi connectivity index (χ2n) is 15.2. The summed E-state index contributed by atoms with van der Waals surface area (Å²) in [5, 5.41) is 14.8. The molecule has 0 atom stereocenters. The molecule has 0 saturated carbocycles. The SMILES string of the molecule is [C-]#[N+]c1cccc(C(F)(F)F)c1-c1cc(-n2c3ccccc3c3ccc(-c4ccc(C)cc4)cc32)c(C#N)cc1-n1c2ccccc2c2ccc(-c3ccc(C)cc3)cc21. The lowest BCUT2D eigenvalue weighted by molar-refractivity contribution is -0.137. The third-order valence-corrected chi connectivity index (χ3v) is 11.6. The Balaban J connectivity index is 1.35. The lowest BCUT2D eigenvalue weighted by Crippen LogP contribution is -2.10. The molecule has 0 aliphatic heterocycles. The predicted octanol–water partition coefficient (Wildman–Crippen LogP) is 14.9. The van der Waals surface area contributed by atoms with Crippen LogP contribution in [0.15, 0.2) is 164 Å². The van der Waals surface area contributed by atoms with E-state index in [1.807, 2.05) is 89.7 Å². The van der Waals surface area contributed by atoms with Gasteiger partial charge in [-0.3, -0.25) is 0 Å². The summed E-state index contributed by atoms with van der Waals surface area (Å²) in [6, 6.07) is 53.9. The van der Waals surface area contributed by atoms with E-state index in [0.717, 1.165) is 83.1 Å². The van der Waals surface area contributed by atoms with Gasteiger partial charge in [0, 0.05) is 27.1 Å². The number of aromatic nitrogens is 2. The van der Waals surface area contributed by atoms with Crippen molar-refractivity contribution in [2.45, 2.75) is 20.0 Å². The van der Waals surface area contributed by atoms with Gasteiger partial charge in [0.05, 0.1) is 51.1 Å². The second-order valence-corrected chi connectivity index (χ2v) is 15.2. The molecule has 0 spiro atoms. The van der Waals surface area contributed by atoms with E-state index in [2.05, 4.69) is 77.6 Å².